The zero-order valence-corrected chi connectivity index (χ0v) is 26.2. The molecule has 0 unspecified atom stereocenters. The molecule has 0 atom stereocenters. The van der Waals surface area contributed by atoms with Gasteiger partial charge in [0.1, 0.15) is 0 Å². The normalized spacial score (nSPS) is 9.08. The van der Waals surface area contributed by atoms with Crippen LogP contribution >= 0.6 is 31.3 Å². The van der Waals surface area contributed by atoms with Gasteiger partial charge in [0.2, 0.25) is 0 Å². The van der Waals surface area contributed by atoms with Crippen LogP contribution in [0.2, 0.25) is 0 Å². The van der Waals surface area contributed by atoms with Gasteiger partial charge in [0.25, 0.3) is 0 Å². The summed E-state index contributed by atoms with van der Waals surface area (Å²) in [5, 5.41) is 0. The van der Waals surface area contributed by atoms with E-state index in [0.717, 1.165) is 0 Å². The standard InChI is InChI=1S/2Ca.4Mg.4H3O4P/c;;;;;;4*1-5(2,3)4/h;;;;;;4*(H3,1,2,3,4)/q6*+2;;;;/p-12. The second-order valence-electron chi connectivity index (χ2n) is 1.79. The van der Waals surface area contributed by atoms with E-state index in [2.05, 4.69) is 0 Å². The van der Waals surface area contributed by atoms with Crippen LogP contribution in [0, 0.1) is 0 Å². The summed E-state index contributed by atoms with van der Waals surface area (Å²) in [6, 6.07) is 0. The molecule has 0 N–H and O–H groups in total. The van der Waals surface area contributed by atoms with E-state index in [9.17, 15) is 0 Å². The van der Waals surface area contributed by atoms with E-state index in [0.29, 0.717) is 0 Å². The largest absolute Gasteiger partial charge is 2.00 e. The molecule has 128 valence electrons. The molecule has 0 aromatic heterocycles. The van der Waals surface area contributed by atoms with Gasteiger partial charge in [-0.05, 0) is 0 Å². The van der Waals surface area contributed by atoms with Crippen LogP contribution in [-0.4, -0.2) is 168 Å². The van der Waals surface area contributed by atoms with Crippen LogP contribution < -0.4 is 58.7 Å². The fourth-order valence-corrected chi connectivity index (χ4v) is 0. The predicted octanol–water partition coefficient (Wildman–Crippen LogP) is -13.6. The number of phosphoric acid groups is 4. The fraction of sp³-hybridized carbons (Fsp3) is 0. The van der Waals surface area contributed by atoms with Crippen LogP contribution in [0.5, 0.6) is 0 Å². The minimum absolute atomic E-state index is 0. The van der Waals surface area contributed by atoms with Crippen molar-refractivity contribution in [1.82, 2.24) is 0 Å². The molecule has 0 aliphatic rings. The van der Waals surface area contributed by atoms with E-state index in [1.807, 2.05) is 0 Å². The first kappa shape index (κ1) is 63.5. The third-order valence-electron chi connectivity index (χ3n) is 0. The monoisotopic (exact) mass is 556 g/mol. The molecule has 0 saturated carbocycles. The van der Waals surface area contributed by atoms with E-state index >= 15 is 0 Å². The fourth-order valence-electron chi connectivity index (χ4n) is 0. The zero-order chi connectivity index (χ0) is 18.0. The van der Waals surface area contributed by atoms with Crippen LogP contribution in [0.25, 0.3) is 0 Å². The van der Waals surface area contributed by atoms with Crippen molar-refractivity contribution >= 4 is 199 Å². The van der Waals surface area contributed by atoms with Crippen LogP contribution in [-0.2, 0) is 18.3 Å². The van der Waals surface area contributed by atoms with Crippen molar-refractivity contribution < 1.29 is 77.0 Å². The molecular formula is Ca2Mg4O16P4. The first-order valence-electron chi connectivity index (χ1n) is 2.92. The molecule has 26 heavy (non-hydrogen) atoms. The molecule has 0 fully saturated rings. The molecule has 0 aromatic carbocycles. The van der Waals surface area contributed by atoms with Gasteiger partial charge in [-0.25, -0.2) is 0 Å². The first-order chi connectivity index (χ1) is 8.00. The molecule has 0 aliphatic heterocycles. The van der Waals surface area contributed by atoms with Gasteiger partial charge < -0.3 is 77.0 Å². The SMILES string of the molecule is O=P([O-])([O-])[O-].O=P([O-])([O-])[O-].O=P([O-])([O-])[O-].O=P([O-])([O-])[O-].[Ca+2].[Ca+2].[Mg+2].[Mg+2].[Mg+2].[Mg+2]. The minimum Gasteiger partial charge on any atom is -0.822 e. The minimum atomic E-state index is -5.39. The van der Waals surface area contributed by atoms with Crippen LogP contribution in [0.15, 0.2) is 0 Å². The Morgan fingerprint density at radius 3 is 0.308 bits per heavy atom. The van der Waals surface area contributed by atoms with E-state index < -0.39 is 31.3 Å². The summed E-state index contributed by atoms with van der Waals surface area (Å²) < 4.78 is 34.2. The van der Waals surface area contributed by atoms with Crippen molar-refractivity contribution in [2.24, 2.45) is 0 Å². The summed E-state index contributed by atoms with van der Waals surface area (Å²) in [5.74, 6) is 0. The Hall–Kier alpha value is 6.02. The van der Waals surface area contributed by atoms with Gasteiger partial charge in [0.15, 0.2) is 0 Å². The average Bonchev–Trinajstić information content (AvgIpc) is 1.62. The molecule has 0 amide bonds. The zero-order valence-electron chi connectivity index (χ0n) is 12.6. The maximum absolute atomic E-state index is 8.55. The van der Waals surface area contributed by atoms with Crippen molar-refractivity contribution in [3.8, 4) is 0 Å². The number of rotatable bonds is 0. The molecule has 0 heterocycles. The van der Waals surface area contributed by atoms with Gasteiger partial charge in [0, 0.05) is 0 Å². The summed E-state index contributed by atoms with van der Waals surface area (Å²) in [6.07, 6.45) is 0. The van der Waals surface area contributed by atoms with Gasteiger partial charge >= 0.3 is 168 Å². The van der Waals surface area contributed by atoms with Gasteiger partial charge in [-0.3, -0.25) is 0 Å². The first-order valence-corrected chi connectivity index (χ1v) is 8.76. The van der Waals surface area contributed by atoms with Crippen molar-refractivity contribution in [3.63, 3.8) is 0 Å². The smallest absolute Gasteiger partial charge is 0.822 e. The molecule has 0 radical (unpaired) electrons. The van der Waals surface area contributed by atoms with E-state index in [1.165, 1.54) is 0 Å². The van der Waals surface area contributed by atoms with Gasteiger partial charge in [0.05, 0.1) is 0 Å². The van der Waals surface area contributed by atoms with Crippen LogP contribution in [0.4, 0.5) is 0 Å². The maximum Gasteiger partial charge on any atom is 2.00 e. The summed E-state index contributed by atoms with van der Waals surface area (Å²) in [6.45, 7) is 0. The van der Waals surface area contributed by atoms with Crippen LogP contribution in [0.3, 0.4) is 0 Å². The Kier molecular flexibility index (Phi) is 75.8. The third-order valence-corrected chi connectivity index (χ3v) is 0. The van der Waals surface area contributed by atoms with E-state index in [-0.39, 0.29) is 168 Å². The molecule has 26 heteroatoms. The Morgan fingerprint density at radius 2 is 0.308 bits per heavy atom. The maximum atomic E-state index is 8.55. The summed E-state index contributed by atoms with van der Waals surface area (Å²) in [7, 11) is -21.6. The third kappa shape index (κ3) is 697. The second kappa shape index (κ2) is 31.0. The molecular weight excluding hydrogens is 557 g/mol. The van der Waals surface area contributed by atoms with E-state index in [4.69, 9.17) is 77.0 Å². The molecule has 16 nitrogen and oxygen atoms in total. The van der Waals surface area contributed by atoms with Crippen LogP contribution in [0.1, 0.15) is 0 Å². The number of hydrogen-bond acceptors (Lipinski definition) is 16. The molecule has 0 saturated heterocycles. The summed E-state index contributed by atoms with van der Waals surface area (Å²) >= 11 is 0. The molecule has 0 spiro atoms. The molecule has 0 aromatic rings. The summed E-state index contributed by atoms with van der Waals surface area (Å²) in [4.78, 5) is 103. The van der Waals surface area contributed by atoms with Gasteiger partial charge in [-0.2, -0.15) is 31.3 Å². The second-order valence-corrected chi connectivity index (χ2v) is 5.37. The Morgan fingerprint density at radius 1 is 0.308 bits per heavy atom. The Balaban J connectivity index is -0.0000000152. The van der Waals surface area contributed by atoms with Crippen molar-refractivity contribution in [2.75, 3.05) is 0 Å². The Bertz CT molecular complexity index is 305. The number of hydrogen-bond donors (Lipinski definition) is 0. The molecule has 0 rings (SSSR count). The van der Waals surface area contributed by atoms with Gasteiger partial charge in [-0.15, -0.1) is 0 Å². The molecule has 0 aliphatic carbocycles. The topological polar surface area (TPSA) is 345 Å². The van der Waals surface area contributed by atoms with Crippen molar-refractivity contribution in [2.45, 2.75) is 0 Å². The Labute approximate surface area is 270 Å². The average molecular weight is 557 g/mol. The summed E-state index contributed by atoms with van der Waals surface area (Å²) in [5.41, 5.74) is 0. The van der Waals surface area contributed by atoms with Gasteiger partial charge in [-0.1, -0.05) is 0 Å². The predicted molar refractivity (Wildman–Crippen MR) is 64.9 cm³/mol. The van der Waals surface area contributed by atoms with Crippen molar-refractivity contribution in [3.05, 3.63) is 0 Å². The van der Waals surface area contributed by atoms with Crippen molar-refractivity contribution in [1.29, 1.82) is 0 Å². The molecule has 0 bridgehead atoms. The van der Waals surface area contributed by atoms with E-state index in [1.54, 1.807) is 0 Å². The quantitative estimate of drug-likeness (QED) is 0.197.